The van der Waals surface area contributed by atoms with Gasteiger partial charge >= 0.3 is 20.7 Å². The Morgan fingerprint density at radius 3 is 1.61 bits per heavy atom. The van der Waals surface area contributed by atoms with Crippen molar-refractivity contribution in [2.24, 2.45) is 5.41 Å². The summed E-state index contributed by atoms with van der Waals surface area (Å²) in [5, 5.41) is 18.9. The summed E-state index contributed by atoms with van der Waals surface area (Å²) in [5.41, 5.74) is -0.961. The molecule has 9 nitrogen and oxygen atoms in total. The maximum atomic E-state index is 12.3. The second-order valence-electron chi connectivity index (χ2n) is 12.2. The highest BCUT2D eigenvalue weighted by atomic mass is 28.5. The van der Waals surface area contributed by atoms with Gasteiger partial charge in [0.25, 0.3) is 0 Å². The van der Waals surface area contributed by atoms with Gasteiger partial charge in [-0.25, -0.2) is 4.79 Å². The summed E-state index contributed by atoms with van der Waals surface area (Å²) in [6.45, 7) is 23.8. The molecule has 0 aliphatic rings. The summed E-state index contributed by atoms with van der Waals surface area (Å²) in [5.74, 6) is -1.34. The van der Waals surface area contributed by atoms with Crippen molar-refractivity contribution in [3.63, 3.8) is 0 Å². The quantitative estimate of drug-likeness (QED) is 0.106. The summed E-state index contributed by atoms with van der Waals surface area (Å²) in [7, 11) is -8.96. The smallest absolute Gasteiger partial charge is 0.465 e. The number of esters is 2. The molecule has 0 aliphatic carbocycles. The molecule has 0 rings (SSSR count). The van der Waals surface area contributed by atoms with Gasteiger partial charge in [0, 0.05) is 11.6 Å². The van der Waals surface area contributed by atoms with Crippen molar-refractivity contribution in [2.45, 2.75) is 91.2 Å². The van der Waals surface area contributed by atoms with Gasteiger partial charge in [-0.05, 0) is 71.8 Å². The molecule has 0 aromatic heterocycles. The summed E-state index contributed by atoms with van der Waals surface area (Å²) in [6, 6.07) is 0.545. The first-order valence-electron chi connectivity index (χ1n) is 12.5. The Labute approximate surface area is 222 Å². The maximum Gasteiger partial charge on any atom is 0.469 e. The monoisotopic (exact) mass is 582 g/mol. The van der Waals surface area contributed by atoms with Crippen LogP contribution in [0.1, 0.15) is 26.2 Å². The van der Waals surface area contributed by atoms with Gasteiger partial charge in [0.05, 0.1) is 31.7 Å². The summed E-state index contributed by atoms with van der Waals surface area (Å²) in [4.78, 5) is 24.5. The van der Waals surface area contributed by atoms with E-state index in [4.69, 9.17) is 21.8 Å². The zero-order valence-electron chi connectivity index (χ0n) is 24.1. The molecule has 13 heteroatoms. The number of carbonyl (C=O) groups is 2. The topological polar surface area (TPSA) is 121 Å². The second-order valence-corrected chi connectivity index (χ2v) is 29.2. The maximum absolute atomic E-state index is 12.3. The lowest BCUT2D eigenvalue weighted by Gasteiger charge is -2.42. The van der Waals surface area contributed by atoms with E-state index in [1.54, 1.807) is 6.92 Å². The molecule has 0 amide bonds. The number of hydrogen-bond donors (Lipinski definition) is 2. The molecule has 0 aromatic rings. The van der Waals surface area contributed by atoms with Crippen LogP contribution >= 0.6 is 0 Å². The van der Waals surface area contributed by atoms with Crippen LogP contribution in [0.15, 0.2) is 12.2 Å². The zero-order chi connectivity index (χ0) is 28.4. The van der Waals surface area contributed by atoms with Gasteiger partial charge in [0.1, 0.15) is 6.61 Å². The van der Waals surface area contributed by atoms with E-state index in [0.29, 0.717) is 18.9 Å². The normalized spacial score (nSPS) is 13.4. The predicted octanol–water partition coefficient (Wildman–Crippen LogP) is 4.28. The number of hydrogen-bond acceptors (Lipinski definition) is 9. The van der Waals surface area contributed by atoms with Crippen LogP contribution in [0, 0.1) is 5.41 Å². The van der Waals surface area contributed by atoms with E-state index in [-0.39, 0.29) is 38.4 Å². The Morgan fingerprint density at radius 2 is 1.25 bits per heavy atom. The molecule has 0 atom stereocenters. The van der Waals surface area contributed by atoms with E-state index in [0.717, 1.165) is 0 Å². The average Bonchev–Trinajstić information content (AvgIpc) is 2.68. The molecule has 0 aromatic carbocycles. The van der Waals surface area contributed by atoms with Gasteiger partial charge in [-0.2, -0.15) is 0 Å². The Kier molecular flexibility index (Phi) is 14.2. The highest BCUT2D eigenvalue weighted by Crippen LogP contribution is 2.30. The van der Waals surface area contributed by atoms with Crippen molar-refractivity contribution in [1.29, 1.82) is 0 Å². The Hall–Kier alpha value is -0.652. The molecule has 0 saturated carbocycles. The third-order valence-corrected chi connectivity index (χ3v) is 16.9. The fourth-order valence-corrected chi connectivity index (χ4v) is 17.8. The van der Waals surface area contributed by atoms with Gasteiger partial charge in [-0.1, -0.05) is 13.5 Å². The minimum absolute atomic E-state index is 0.0456. The van der Waals surface area contributed by atoms with Crippen LogP contribution in [-0.4, -0.2) is 82.3 Å². The lowest BCUT2D eigenvalue weighted by atomic mass is 9.88. The lowest BCUT2D eigenvalue weighted by Crippen LogP contribution is -2.60. The number of rotatable bonds is 18. The molecule has 0 saturated heterocycles. The molecule has 212 valence electrons. The fraction of sp³-hybridized carbons (Fsp3) is 0.826. The zero-order valence-corrected chi connectivity index (χ0v) is 28.1. The van der Waals surface area contributed by atoms with E-state index in [1.165, 1.54) is 0 Å². The van der Waals surface area contributed by atoms with Crippen molar-refractivity contribution in [1.82, 2.24) is 0 Å². The Balaban J connectivity index is 5.04. The fourth-order valence-electron chi connectivity index (χ4n) is 3.17. The van der Waals surface area contributed by atoms with Gasteiger partial charge in [-0.3, -0.25) is 4.79 Å². The van der Waals surface area contributed by atoms with Gasteiger partial charge in [-0.15, -0.1) is 0 Å². The third kappa shape index (κ3) is 14.9. The van der Waals surface area contributed by atoms with Crippen LogP contribution in [0.5, 0.6) is 0 Å². The molecule has 0 heterocycles. The van der Waals surface area contributed by atoms with E-state index in [1.807, 2.05) is 0 Å². The standard InChI is InChI=1S/C23H50O9Si4/c1-12-23(17-24,18-25)19-29-22(27)20(2)16-21(26)28-14-13-15-36(30-33(3,4)5,31-34(6,7)8)32-35(9,10)11/h24-25H,2,12-19H2,1,3-11H3. The molecular formula is C23H50O9Si4. The first-order valence-corrected chi connectivity index (χ1v) is 24.7. The number of aliphatic hydroxyl groups is 2. The molecule has 0 radical (unpaired) electrons. The number of carbonyl (C=O) groups excluding carboxylic acids is 2. The number of ether oxygens (including phenoxy) is 2. The molecule has 0 unspecified atom stereocenters. The van der Waals surface area contributed by atoms with Crippen molar-refractivity contribution >= 4 is 45.7 Å². The first kappa shape index (κ1) is 35.3. The van der Waals surface area contributed by atoms with Crippen LogP contribution in [-0.2, 0) is 31.4 Å². The Bertz CT molecular complexity index is 672. The molecule has 36 heavy (non-hydrogen) atoms. The van der Waals surface area contributed by atoms with E-state index in [2.05, 4.69) is 65.5 Å². The average molecular weight is 583 g/mol. The minimum atomic E-state index is -3.00. The van der Waals surface area contributed by atoms with Crippen LogP contribution in [0.3, 0.4) is 0 Å². The van der Waals surface area contributed by atoms with Crippen LogP contribution in [0.4, 0.5) is 0 Å². The lowest BCUT2D eigenvalue weighted by molar-refractivity contribution is -0.149. The van der Waals surface area contributed by atoms with E-state index >= 15 is 0 Å². The van der Waals surface area contributed by atoms with Gasteiger partial charge in [0.2, 0.25) is 0 Å². The van der Waals surface area contributed by atoms with Gasteiger partial charge in [0.15, 0.2) is 25.0 Å². The molecule has 0 bridgehead atoms. The van der Waals surface area contributed by atoms with E-state index in [9.17, 15) is 19.8 Å². The highest BCUT2D eigenvalue weighted by Gasteiger charge is 2.49. The second kappa shape index (κ2) is 14.5. The molecule has 0 fully saturated rings. The predicted molar refractivity (Wildman–Crippen MR) is 151 cm³/mol. The molecule has 0 aliphatic heterocycles. The minimum Gasteiger partial charge on any atom is -0.465 e. The Morgan fingerprint density at radius 1 is 0.806 bits per heavy atom. The van der Waals surface area contributed by atoms with Crippen molar-refractivity contribution < 1.29 is 41.6 Å². The third-order valence-electron chi connectivity index (χ3n) is 4.85. The molecule has 0 spiro atoms. The SMILES string of the molecule is C=C(CC(=O)OCCC[Si](O[Si](C)(C)C)(O[Si](C)(C)C)O[Si](C)(C)C)C(=O)OCC(CC)(CO)CO. The van der Waals surface area contributed by atoms with Crippen molar-refractivity contribution in [3.05, 3.63) is 12.2 Å². The largest absolute Gasteiger partial charge is 0.469 e. The number of aliphatic hydroxyl groups excluding tert-OH is 2. The van der Waals surface area contributed by atoms with Crippen molar-refractivity contribution in [3.8, 4) is 0 Å². The summed E-state index contributed by atoms with van der Waals surface area (Å²) >= 11 is 0. The van der Waals surface area contributed by atoms with Gasteiger partial charge < -0.3 is 32.0 Å². The van der Waals surface area contributed by atoms with Crippen LogP contribution < -0.4 is 0 Å². The van der Waals surface area contributed by atoms with Crippen LogP contribution in [0.25, 0.3) is 0 Å². The highest BCUT2D eigenvalue weighted by molar-refractivity contribution is 6.90. The summed E-state index contributed by atoms with van der Waals surface area (Å²) < 4.78 is 30.4. The van der Waals surface area contributed by atoms with Crippen molar-refractivity contribution in [2.75, 3.05) is 26.4 Å². The summed E-state index contributed by atoms with van der Waals surface area (Å²) in [6.07, 6.45) is 0.637. The first-order chi connectivity index (χ1) is 16.2. The van der Waals surface area contributed by atoms with E-state index < -0.39 is 51.1 Å². The molecule has 2 N–H and O–H groups in total. The van der Waals surface area contributed by atoms with Crippen LogP contribution in [0.2, 0.25) is 65.0 Å². The molecular weight excluding hydrogens is 533 g/mol.